The Morgan fingerprint density at radius 3 is 1.17 bits per heavy atom. The van der Waals surface area contributed by atoms with Crippen molar-refractivity contribution in [1.82, 2.24) is 0 Å². The fourth-order valence-corrected chi connectivity index (χ4v) is 0. The van der Waals surface area contributed by atoms with Crippen molar-refractivity contribution >= 4 is 44.5 Å². The van der Waals surface area contributed by atoms with Crippen LogP contribution in [-0.2, 0) is 3.02 Å². The second kappa shape index (κ2) is 3.34. The minimum Gasteiger partial charge on any atom is 3.00 e. The molecule has 0 rings (SSSR count). The Morgan fingerprint density at radius 2 is 1.17 bits per heavy atom. The Kier molecular flexibility index (Phi) is 5.74. The molecule has 2 radical (unpaired) electrons. The van der Waals surface area contributed by atoms with Crippen molar-refractivity contribution in [3.8, 4) is 0 Å². The molecular formula is O4Sb2. The van der Waals surface area contributed by atoms with E-state index in [1.165, 1.54) is 0 Å². The molecule has 0 atom stereocenters. The molecule has 0 fully saturated rings. The van der Waals surface area contributed by atoms with Crippen LogP contribution in [0.25, 0.3) is 0 Å². The molecule has 0 spiro atoms. The first kappa shape index (κ1) is 10.3. The van der Waals surface area contributed by atoms with Crippen LogP contribution in [0.4, 0.5) is 0 Å². The van der Waals surface area contributed by atoms with Gasteiger partial charge in [-0.15, -0.1) is 0 Å². The maximum absolute atomic E-state index is 8.64. The third-order valence-corrected chi connectivity index (χ3v) is 0. The first-order valence-electron chi connectivity index (χ1n) is 0.730. The average Bonchev–Trinajstić information content (AvgIpc) is 0.722. The van der Waals surface area contributed by atoms with Crippen molar-refractivity contribution in [2.45, 2.75) is 0 Å². The van der Waals surface area contributed by atoms with E-state index in [9.17, 15) is 0 Å². The van der Waals surface area contributed by atoms with Crippen LogP contribution in [-0.4, -0.2) is 44.5 Å². The molecule has 0 aromatic rings. The zero-order valence-corrected chi connectivity index (χ0v) is 7.63. The molecule has 0 saturated carbocycles. The molecule has 0 aliphatic rings. The Labute approximate surface area is 57.3 Å². The summed E-state index contributed by atoms with van der Waals surface area (Å²) in [4.78, 5) is 0. The average molecular weight is 308 g/mol. The van der Waals surface area contributed by atoms with E-state index in [-0.39, 0.29) is 24.4 Å². The third kappa shape index (κ3) is 57.2. The Balaban J connectivity index is 0. The first-order chi connectivity index (χ1) is 2.00. The molecule has 34 valence electrons. The van der Waals surface area contributed by atoms with Crippen molar-refractivity contribution in [2.24, 2.45) is 0 Å². The van der Waals surface area contributed by atoms with Crippen LogP contribution in [0, 0.1) is 0 Å². The zero-order valence-electron chi connectivity index (χ0n) is 2.53. The summed E-state index contributed by atoms with van der Waals surface area (Å²) < 4.78 is 34.6. The predicted molar refractivity (Wildman–Crippen MR) is 12.2 cm³/mol. The molecule has 0 bridgehead atoms. The minimum atomic E-state index is -6.10. The maximum Gasteiger partial charge on any atom is 3.00 e. The Hall–Kier alpha value is 1.32. The van der Waals surface area contributed by atoms with Crippen LogP contribution in [0.5, 0.6) is 0 Å². The fraction of sp³-hybridized carbons (Fsp3) is 0. The van der Waals surface area contributed by atoms with E-state index in [1.54, 1.807) is 0 Å². The summed E-state index contributed by atoms with van der Waals surface area (Å²) >= 11 is -6.10. The number of hydrogen-bond donors (Lipinski definition) is 0. The van der Waals surface area contributed by atoms with Gasteiger partial charge in [0.25, 0.3) is 0 Å². The van der Waals surface area contributed by atoms with Gasteiger partial charge < -0.3 is 0 Å². The summed E-state index contributed by atoms with van der Waals surface area (Å²) in [5, 5.41) is 0. The van der Waals surface area contributed by atoms with Crippen molar-refractivity contribution < 1.29 is 13.2 Å². The van der Waals surface area contributed by atoms with Crippen LogP contribution in [0.3, 0.4) is 0 Å². The molecule has 0 N–H and O–H groups in total. The molecule has 6 heteroatoms. The van der Waals surface area contributed by atoms with Crippen molar-refractivity contribution in [3.63, 3.8) is 0 Å². The number of rotatable bonds is 0. The third-order valence-electron chi connectivity index (χ3n) is 0. The van der Waals surface area contributed by atoms with Crippen molar-refractivity contribution in [1.29, 1.82) is 0 Å². The van der Waals surface area contributed by atoms with Gasteiger partial charge in [-0.3, -0.25) is 0 Å². The fourth-order valence-electron chi connectivity index (χ4n) is 0. The van der Waals surface area contributed by atoms with E-state index in [0.29, 0.717) is 0 Å². The van der Waals surface area contributed by atoms with Crippen LogP contribution in [0.2, 0.25) is 0 Å². The molecular weight excluding hydrogens is 308 g/mol. The summed E-state index contributed by atoms with van der Waals surface area (Å²) in [6.45, 7) is 0. The van der Waals surface area contributed by atoms with Gasteiger partial charge in [-0.2, -0.15) is 0 Å². The summed E-state index contributed by atoms with van der Waals surface area (Å²) in [6.07, 6.45) is 0. The van der Waals surface area contributed by atoms with Gasteiger partial charge >= 0.3 is 57.7 Å². The molecule has 0 aliphatic carbocycles. The minimum absolute atomic E-state index is 0. The van der Waals surface area contributed by atoms with Gasteiger partial charge in [0.1, 0.15) is 0 Å². The molecule has 0 heterocycles. The molecule has 0 aliphatic heterocycles. The molecule has 0 aromatic carbocycles. The standard InChI is InChI=1S/4O.2Sb/q;3*-1;;+3. The molecule has 0 aromatic heterocycles. The summed E-state index contributed by atoms with van der Waals surface area (Å²) in [5.74, 6) is 0. The maximum atomic E-state index is 8.64. The van der Waals surface area contributed by atoms with E-state index in [2.05, 4.69) is 0 Å². The second-order valence-electron chi connectivity index (χ2n) is 0.447. The normalized spacial score (nSPS) is 9.83. The van der Waals surface area contributed by atoms with E-state index in [0.717, 1.165) is 0 Å². The van der Waals surface area contributed by atoms with Crippen LogP contribution >= 0.6 is 0 Å². The molecule has 0 saturated heterocycles. The molecule has 0 unspecified atom stereocenters. The van der Waals surface area contributed by atoms with Crippen LogP contribution < -0.4 is 10.2 Å². The van der Waals surface area contributed by atoms with Crippen molar-refractivity contribution in [2.75, 3.05) is 0 Å². The molecule has 0 amide bonds. The molecule has 6 heavy (non-hydrogen) atoms. The topological polar surface area (TPSA) is 86.2 Å². The van der Waals surface area contributed by atoms with Gasteiger partial charge in [-0.05, 0) is 0 Å². The van der Waals surface area contributed by atoms with E-state index in [1.807, 2.05) is 0 Å². The van der Waals surface area contributed by atoms with E-state index >= 15 is 0 Å². The zero-order chi connectivity index (χ0) is 4.50. The summed E-state index contributed by atoms with van der Waals surface area (Å²) in [7, 11) is 0. The van der Waals surface area contributed by atoms with Gasteiger partial charge in [-0.1, -0.05) is 0 Å². The van der Waals surface area contributed by atoms with Gasteiger partial charge in [-0.25, -0.2) is 0 Å². The van der Waals surface area contributed by atoms with Crippen molar-refractivity contribution in [3.05, 3.63) is 0 Å². The number of hydrogen-bond acceptors (Lipinski definition) is 4. The van der Waals surface area contributed by atoms with Gasteiger partial charge in [0, 0.05) is 0 Å². The van der Waals surface area contributed by atoms with Gasteiger partial charge in [0.15, 0.2) is 0 Å². The van der Waals surface area contributed by atoms with Gasteiger partial charge in [0.05, 0.1) is 0 Å². The van der Waals surface area contributed by atoms with E-state index in [4.69, 9.17) is 13.2 Å². The monoisotopic (exact) mass is 306 g/mol. The quantitative estimate of drug-likeness (QED) is 0.423. The summed E-state index contributed by atoms with van der Waals surface area (Å²) in [6, 6.07) is 0. The Bertz CT molecular complexity index is 51.7. The van der Waals surface area contributed by atoms with Crippen LogP contribution in [0.15, 0.2) is 0 Å². The second-order valence-corrected chi connectivity index (χ2v) is 3.00. The smallest absolute Gasteiger partial charge is 3.00 e. The largest absolute Gasteiger partial charge is 3.00 e. The SMILES string of the molecule is [O]=[Sb]([O-])([O-])[O-].[Sb+3]. The van der Waals surface area contributed by atoms with E-state index < -0.39 is 20.1 Å². The summed E-state index contributed by atoms with van der Waals surface area (Å²) in [5.41, 5.74) is 0. The molecule has 4 nitrogen and oxygen atoms in total. The van der Waals surface area contributed by atoms with Crippen LogP contribution in [0.1, 0.15) is 0 Å². The van der Waals surface area contributed by atoms with Gasteiger partial charge in [0.2, 0.25) is 0 Å². The predicted octanol–water partition coefficient (Wildman–Crippen LogP) is -4.45. The Morgan fingerprint density at radius 1 is 1.17 bits per heavy atom. The first-order valence-corrected chi connectivity index (χ1v) is 4.90.